The summed E-state index contributed by atoms with van der Waals surface area (Å²) in [7, 11) is 0. The molecule has 1 unspecified atom stereocenters. The van der Waals surface area contributed by atoms with Crippen molar-refractivity contribution in [3.05, 3.63) is 65.4 Å². The highest BCUT2D eigenvalue weighted by molar-refractivity contribution is 5.55. The first-order valence-electron chi connectivity index (χ1n) is 7.92. The van der Waals surface area contributed by atoms with Crippen LogP contribution in [-0.4, -0.2) is 20.4 Å². The molecule has 0 aliphatic carbocycles. The molecular weight excluding hydrogens is 363 g/mol. The fourth-order valence-electron chi connectivity index (χ4n) is 2.68. The second kappa shape index (κ2) is 6.66. The van der Waals surface area contributed by atoms with Crippen LogP contribution in [-0.2, 0) is 11.8 Å². The molecule has 0 spiro atoms. The Morgan fingerprint density at radius 3 is 2.30 bits per heavy atom. The van der Waals surface area contributed by atoms with E-state index in [-0.39, 0.29) is 18.0 Å². The van der Waals surface area contributed by atoms with Crippen LogP contribution in [0.5, 0.6) is 0 Å². The molecule has 0 fully saturated rings. The highest BCUT2D eigenvalue weighted by Crippen LogP contribution is 2.36. The van der Waals surface area contributed by atoms with Gasteiger partial charge in [-0.1, -0.05) is 40.2 Å². The second-order valence-electron chi connectivity index (χ2n) is 6.32. The maximum absolute atomic E-state index is 12.6. The van der Waals surface area contributed by atoms with Crippen LogP contribution >= 0.6 is 0 Å². The molecule has 0 amide bonds. The van der Waals surface area contributed by atoms with Crippen molar-refractivity contribution in [3.8, 4) is 11.4 Å². The Morgan fingerprint density at radius 2 is 1.81 bits per heavy atom. The van der Waals surface area contributed by atoms with Crippen molar-refractivity contribution in [1.29, 1.82) is 0 Å². The first-order valence-corrected chi connectivity index (χ1v) is 7.92. The summed E-state index contributed by atoms with van der Waals surface area (Å²) in [6.07, 6.45) is -4.53. The van der Waals surface area contributed by atoms with Gasteiger partial charge in [0, 0.05) is 18.1 Å². The predicted octanol–water partition coefficient (Wildman–Crippen LogP) is 4.25. The topological polar surface area (TPSA) is 85.2 Å². The van der Waals surface area contributed by atoms with E-state index < -0.39 is 17.7 Å². The third-order valence-electron chi connectivity index (χ3n) is 3.88. The fourth-order valence-corrected chi connectivity index (χ4v) is 2.68. The second-order valence-corrected chi connectivity index (χ2v) is 6.32. The summed E-state index contributed by atoms with van der Waals surface area (Å²) in [6.45, 7) is 7.32. The van der Waals surface area contributed by atoms with Crippen molar-refractivity contribution in [1.82, 2.24) is 15.3 Å². The summed E-state index contributed by atoms with van der Waals surface area (Å²) >= 11 is 0. The fraction of sp³-hybridized carbons (Fsp3) is 0.278. The number of nitrogens with zero attached hydrogens (tertiary/aromatic N) is 3. The van der Waals surface area contributed by atoms with Gasteiger partial charge in [0.15, 0.2) is 11.4 Å². The number of hydrogen-bond donors (Lipinski definition) is 1. The van der Waals surface area contributed by atoms with Gasteiger partial charge in [-0.15, -0.1) is 6.58 Å². The van der Waals surface area contributed by atoms with E-state index in [1.807, 2.05) is 0 Å². The normalized spacial score (nSPS) is 14.1. The first kappa shape index (κ1) is 18.8. The Bertz CT molecular complexity index is 960. The van der Waals surface area contributed by atoms with Gasteiger partial charge in [0.25, 0.3) is 0 Å². The Kier molecular flexibility index (Phi) is 4.64. The van der Waals surface area contributed by atoms with Gasteiger partial charge < -0.3 is 14.2 Å². The smallest absolute Gasteiger partial charge is 0.377 e. The molecule has 9 heteroatoms. The van der Waals surface area contributed by atoms with Gasteiger partial charge >= 0.3 is 12.1 Å². The van der Waals surface area contributed by atoms with Crippen molar-refractivity contribution in [3.63, 3.8) is 0 Å². The number of aryl methyl sites for hydroxylation is 1. The van der Waals surface area contributed by atoms with Crippen LogP contribution in [0.25, 0.3) is 11.4 Å². The van der Waals surface area contributed by atoms with Crippen LogP contribution in [0.2, 0.25) is 0 Å². The van der Waals surface area contributed by atoms with Crippen molar-refractivity contribution < 1.29 is 27.3 Å². The third-order valence-corrected chi connectivity index (χ3v) is 3.88. The Hall–Kier alpha value is -2.94. The number of aliphatic hydroxyl groups is 1. The SMILES string of the molecule is C=C(C)CC(O)(c1ccc(-c2noc(C(F)(F)F)n2)cc1)c1cc(C)no1. The Balaban J connectivity index is 1.96. The summed E-state index contributed by atoms with van der Waals surface area (Å²) in [6, 6.07) is 7.71. The summed E-state index contributed by atoms with van der Waals surface area (Å²) in [4.78, 5) is 3.35. The molecule has 2 aromatic heterocycles. The largest absolute Gasteiger partial charge is 0.471 e. The van der Waals surface area contributed by atoms with Crippen LogP contribution in [0, 0.1) is 6.92 Å². The van der Waals surface area contributed by atoms with Crippen LogP contribution in [0.4, 0.5) is 13.2 Å². The summed E-state index contributed by atoms with van der Waals surface area (Å²) in [5.41, 5.74) is 0.575. The first-order chi connectivity index (χ1) is 12.6. The number of alkyl halides is 3. The number of benzene rings is 1. The van der Waals surface area contributed by atoms with E-state index in [1.165, 1.54) is 12.1 Å². The van der Waals surface area contributed by atoms with Crippen molar-refractivity contribution in [2.45, 2.75) is 32.0 Å². The molecular formula is C18H16F3N3O3. The van der Waals surface area contributed by atoms with Crippen molar-refractivity contribution in [2.24, 2.45) is 0 Å². The zero-order valence-electron chi connectivity index (χ0n) is 14.5. The van der Waals surface area contributed by atoms with Crippen LogP contribution < -0.4 is 0 Å². The predicted molar refractivity (Wildman–Crippen MR) is 88.4 cm³/mol. The minimum absolute atomic E-state index is 0.182. The van der Waals surface area contributed by atoms with Gasteiger partial charge in [-0.3, -0.25) is 0 Å². The molecule has 6 nitrogen and oxygen atoms in total. The molecule has 3 rings (SSSR count). The molecule has 1 N–H and O–H groups in total. The lowest BCUT2D eigenvalue weighted by molar-refractivity contribution is -0.159. The van der Waals surface area contributed by atoms with E-state index in [9.17, 15) is 18.3 Å². The molecule has 27 heavy (non-hydrogen) atoms. The van der Waals surface area contributed by atoms with Crippen molar-refractivity contribution in [2.75, 3.05) is 0 Å². The molecule has 0 bridgehead atoms. The maximum atomic E-state index is 12.6. The number of hydrogen-bond acceptors (Lipinski definition) is 6. The van der Waals surface area contributed by atoms with Crippen LogP contribution in [0.1, 0.15) is 36.3 Å². The number of aromatic nitrogens is 3. The number of halogens is 3. The minimum atomic E-state index is -4.71. The zero-order valence-corrected chi connectivity index (χ0v) is 14.5. The molecule has 1 atom stereocenters. The average molecular weight is 379 g/mol. The van der Waals surface area contributed by atoms with Gasteiger partial charge in [0.1, 0.15) is 0 Å². The van der Waals surface area contributed by atoms with E-state index in [4.69, 9.17) is 4.52 Å². The molecule has 0 saturated heterocycles. The lowest BCUT2D eigenvalue weighted by Gasteiger charge is -2.26. The van der Waals surface area contributed by atoms with Gasteiger partial charge in [-0.2, -0.15) is 18.2 Å². The molecule has 0 radical (unpaired) electrons. The van der Waals surface area contributed by atoms with Gasteiger partial charge in [-0.25, -0.2) is 0 Å². The Morgan fingerprint density at radius 1 is 1.15 bits per heavy atom. The lowest BCUT2D eigenvalue weighted by atomic mass is 9.85. The van der Waals surface area contributed by atoms with Crippen LogP contribution in [0.15, 0.2) is 51.5 Å². The highest BCUT2D eigenvalue weighted by atomic mass is 19.4. The molecule has 0 saturated carbocycles. The third kappa shape index (κ3) is 3.77. The molecule has 2 heterocycles. The summed E-state index contributed by atoms with van der Waals surface area (Å²) in [5, 5.41) is 18.4. The van der Waals surface area contributed by atoms with E-state index in [1.54, 1.807) is 32.0 Å². The highest BCUT2D eigenvalue weighted by Gasteiger charge is 2.39. The Labute approximate surface area is 152 Å². The minimum Gasteiger partial charge on any atom is -0.377 e. The van der Waals surface area contributed by atoms with Crippen molar-refractivity contribution >= 4 is 0 Å². The van der Waals surface area contributed by atoms with E-state index in [0.29, 0.717) is 22.4 Å². The lowest BCUT2D eigenvalue weighted by Crippen LogP contribution is -2.27. The van der Waals surface area contributed by atoms with Gasteiger partial charge in [0.2, 0.25) is 5.82 Å². The standard InChI is InChI=1S/C18H16F3N3O3/c1-10(2)9-17(25,14-8-11(3)23-26-14)13-6-4-12(5-7-13)15-22-16(27-24-15)18(19,20)21/h4-8,25H,1,9H2,2-3H3. The molecule has 142 valence electrons. The maximum Gasteiger partial charge on any atom is 0.471 e. The summed E-state index contributed by atoms with van der Waals surface area (Å²) < 4.78 is 47.3. The average Bonchev–Trinajstić information content (AvgIpc) is 3.23. The monoisotopic (exact) mass is 379 g/mol. The molecule has 0 aliphatic heterocycles. The van der Waals surface area contributed by atoms with E-state index >= 15 is 0 Å². The van der Waals surface area contributed by atoms with Crippen LogP contribution in [0.3, 0.4) is 0 Å². The molecule has 0 aliphatic rings. The van der Waals surface area contributed by atoms with E-state index in [2.05, 4.69) is 26.4 Å². The molecule has 3 aromatic rings. The van der Waals surface area contributed by atoms with E-state index in [0.717, 1.165) is 0 Å². The zero-order chi connectivity index (χ0) is 19.8. The van der Waals surface area contributed by atoms with Gasteiger partial charge in [-0.05, 0) is 19.4 Å². The quantitative estimate of drug-likeness (QED) is 0.667. The number of rotatable bonds is 5. The van der Waals surface area contributed by atoms with Gasteiger partial charge in [0.05, 0.1) is 5.69 Å². The summed E-state index contributed by atoms with van der Waals surface area (Å²) in [5.74, 6) is -1.38. The molecule has 1 aromatic carbocycles.